The van der Waals surface area contributed by atoms with Gasteiger partial charge in [-0.1, -0.05) is 42.0 Å². The topological polar surface area (TPSA) is 45.7 Å². The number of ether oxygens (including phenoxy) is 1. The van der Waals surface area contributed by atoms with Gasteiger partial charge in [0.15, 0.2) is 0 Å². The van der Waals surface area contributed by atoms with Crippen LogP contribution in [0.5, 0.6) is 0 Å². The van der Waals surface area contributed by atoms with Crippen LogP contribution in [0.2, 0.25) is 0 Å². The fraction of sp³-hybridized carbons (Fsp3) is 0.350. The Balaban J connectivity index is 1.63. The summed E-state index contributed by atoms with van der Waals surface area (Å²) in [6.07, 6.45) is 1.86. The minimum Gasteiger partial charge on any atom is -0.381 e. The summed E-state index contributed by atoms with van der Waals surface area (Å²) < 4.78 is 5.59. The quantitative estimate of drug-likeness (QED) is 0.884. The van der Waals surface area contributed by atoms with Gasteiger partial charge >= 0.3 is 0 Å². The third-order valence-corrected chi connectivity index (χ3v) is 4.85. The van der Waals surface area contributed by atoms with Gasteiger partial charge in [-0.2, -0.15) is 0 Å². The molecule has 0 atom stereocenters. The molecule has 0 bridgehead atoms. The van der Waals surface area contributed by atoms with E-state index in [0.29, 0.717) is 0 Å². The van der Waals surface area contributed by atoms with Gasteiger partial charge in [-0.15, -0.1) is 0 Å². The highest BCUT2D eigenvalue weighted by Crippen LogP contribution is 2.37. The molecule has 2 aliphatic rings. The molecular weight excluding hydrogens is 298 g/mol. The van der Waals surface area contributed by atoms with Gasteiger partial charge in [0.05, 0.1) is 16.9 Å². The maximum atomic E-state index is 5.59. The smallest absolute Gasteiger partial charge is 0.129 e. The van der Waals surface area contributed by atoms with Gasteiger partial charge in [0, 0.05) is 32.6 Å². The molecule has 4 heteroatoms. The fourth-order valence-electron chi connectivity index (χ4n) is 3.52. The second-order valence-corrected chi connectivity index (χ2v) is 6.64. The van der Waals surface area contributed by atoms with Crippen molar-refractivity contribution in [3.05, 3.63) is 59.7 Å². The van der Waals surface area contributed by atoms with E-state index < -0.39 is 0 Å². The van der Waals surface area contributed by atoms with Crippen LogP contribution in [0.1, 0.15) is 24.0 Å². The number of aliphatic imine (C=N–C) groups is 1. The number of para-hydroxylation sites is 2. The second-order valence-electron chi connectivity index (χ2n) is 6.64. The van der Waals surface area contributed by atoms with Crippen LogP contribution in [0.3, 0.4) is 0 Å². The van der Waals surface area contributed by atoms with Crippen molar-refractivity contribution < 1.29 is 4.74 Å². The number of rotatable bonds is 2. The number of fused-ring (bicyclic) bond motifs is 1. The minimum atomic E-state index is -0.142. The Morgan fingerprint density at radius 3 is 2.79 bits per heavy atom. The van der Waals surface area contributed by atoms with E-state index in [1.54, 1.807) is 0 Å². The minimum absolute atomic E-state index is 0.142. The van der Waals surface area contributed by atoms with E-state index in [2.05, 4.69) is 60.0 Å². The van der Waals surface area contributed by atoms with Crippen molar-refractivity contribution >= 4 is 17.2 Å². The summed E-state index contributed by atoms with van der Waals surface area (Å²) >= 11 is 0. The molecule has 1 spiro atoms. The standard InChI is InChI=1S/C20H23N3O/c1-15-5-4-6-16(13-15)14-21-19-20(9-11-24-12-10-20)23-18-8-3-2-7-17(18)22-19/h2-8,13,23H,9-12,14H2,1H3,(H,21,22). The van der Waals surface area contributed by atoms with E-state index >= 15 is 0 Å². The highest BCUT2D eigenvalue weighted by Gasteiger charge is 2.40. The SMILES string of the molecule is Cc1cccc(CNC2=Nc3ccccc3NC23CCOCC3)c1. The number of nitrogens with zero attached hydrogens (tertiary/aromatic N) is 1. The van der Waals surface area contributed by atoms with Crippen LogP contribution in [0.15, 0.2) is 53.5 Å². The molecular formula is C20H23N3O. The number of aryl methyl sites for hydroxylation is 1. The van der Waals surface area contributed by atoms with Crippen LogP contribution in [-0.2, 0) is 11.3 Å². The highest BCUT2D eigenvalue weighted by molar-refractivity contribution is 6.00. The van der Waals surface area contributed by atoms with Gasteiger partial charge < -0.3 is 15.4 Å². The summed E-state index contributed by atoms with van der Waals surface area (Å²) in [6.45, 7) is 4.44. The lowest BCUT2D eigenvalue weighted by atomic mass is 9.86. The summed E-state index contributed by atoms with van der Waals surface area (Å²) in [6, 6.07) is 16.8. The van der Waals surface area contributed by atoms with E-state index in [9.17, 15) is 0 Å². The molecule has 0 radical (unpaired) electrons. The van der Waals surface area contributed by atoms with E-state index in [4.69, 9.17) is 9.73 Å². The zero-order chi connectivity index (χ0) is 16.4. The van der Waals surface area contributed by atoms with E-state index in [0.717, 1.165) is 49.8 Å². The molecule has 0 unspecified atom stereocenters. The van der Waals surface area contributed by atoms with E-state index in [-0.39, 0.29) is 5.54 Å². The third-order valence-electron chi connectivity index (χ3n) is 4.85. The molecule has 2 heterocycles. The lowest BCUT2D eigenvalue weighted by molar-refractivity contribution is 0.0771. The van der Waals surface area contributed by atoms with Gasteiger partial charge in [0.1, 0.15) is 5.84 Å². The van der Waals surface area contributed by atoms with Crippen molar-refractivity contribution in [3.8, 4) is 0 Å². The average molecular weight is 321 g/mol. The van der Waals surface area contributed by atoms with Crippen molar-refractivity contribution in [3.63, 3.8) is 0 Å². The molecule has 2 aromatic carbocycles. The highest BCUT2D eigenvalue weighted by atomic mass is 16.5. The maximum absolute atomic E-state index is 5.59. The van der Waals surface area contributed by atoms with Gasteiger partial charge in [-0.25, -0.2) is 4.99 Å². The largest absolute Gasteiger partial charge is 0.381 e. The molecule has 1 fully saturated rings. The molecule has 2 aliphatic heterocycles. The first-order valence-corrected chi connectivity index (χ1v) is 8.59. The Morgan fingerprint density at radius 2 is 1.96 bits per heavy atom. The molecule has 24 heavy (non-hydrogen) atoms. The summed E-state index contributed by atoms with van der Waals surface area (Å²) in [7, 11) is 0. The first-order chi connectivity index (χ1) is 11.8. The summed E-state index contributed by atoms with van der Waals surface area (Å²) in [5, 5.41) is 7.34. The molecule has 0 saturated carbocycles. The van der Waals surface area contributed by atoms with E-state index in [1.807, 2.05) is 6.07 Å². The number of benzene rings is 2. The lowest BCUT2D eigenvalue weighted by Gasteiger charge is -2.42. The molecule has 1 saturated heterocycles. The number of hydrogen-bond acceptors (Lipinski definition) is 4. The van der Waals surface area contributed by atoms with Crippen molar-refractivity contribution in [2.24, 2.45) is 4.99 Å². The van der Waals surface area contributed by atoms with Gasteiger partial charge in [-0.3, -0.25) is 0 Å². The Hall–Kier alpha value is -2.33. The third kappa shape index (κ3) is 2.89. The number of anilines is 1. The van der Waals surface area contributed by atoms with Crippen LogP contribution >= 0.6 is 0 Å². The molecule has 2 aromatic rings. The molecule has 0 amide bonds. The Bertz CT molecular complexity index is 763. The molecule has 0 aliphatic carbocycles. The summed E-state index contributed by atoms with van der Waals surface area (Å²) in [4.78, 5) is 4.95. The van der Waals surface area contributed by atoms with Crippen LogP contribution in [0, 0.1) is 6.92 Å². The van der Waals surface area contributed by atoms with Crippen LogP contribution < -0.4 is 10.6 Å². The van der Waals surface area contributed by atoms with Crippen molar-refractivity contribution in [2.75, 3.05) is 18.5 Å². The zero-order valence-electron chi connectivity index (χ0n) is 14.0. The lowest BCUT2D eigenvalue weighted by Crippen LogP contribution is -2.56. The number of amidine groups is 1. The first kappa shape index (κ1) is 15.2. The Morgan fingerprint density at radius 1 is 1.12 bits per heavy atom. The normalized spacial score (nSPS) is 18.5. The van der Waals surface area contributed by atoms with Gasteiger partial charge in [0.2, 0.25) is 0 Å². The molecule has 4 nitrogen and oxygen atoms in total. The Labute approximate surface area is 143 Å². The van der Waals surface area contributed by atoms with Crippen molar-refractivity contribution in [2.45, 2.75) is 31.8 Å². The molecule has 2 N–H and O–H groups in total. The average Bonchev–Trinajstić information content (AvgIpc) is 2.61. The molecule has 4 rings (SSSR count). The van der Waals surface area contributed by atoms with Crippen LogP contribution in [0.4, 0.5) is 11.4 Å². The van der Waals surface area contributed by atoms with Crippen molar-refractivity contribution in [1.82, 2.24) is 5.32 Å². The zero-order valence-corrected chi connectivity index (χ0v) is 14.0. The number of nitrogens with one attached hydrogen (secondary N) is 2. The van der Waals surface area contributed by atoms with Gasteiger partial charge in [0.25, 0.3) is 0 Å². The van der Waals surface area contributed by atoms with E-state index in [1.165, 1.54) is 11.1 Å². The molecule has 0 aromatic heterocycles. The van der Waals surface area contributed by atoms with Crippen molar-refractivity contribution in [1.29, 1.82) is 0 Å². The predicted octanol–water partition coefficient (Wildman–Crippen LogP) is 3.79. The Kier molecular flexibility index (Phi) is 3.98. The summed E-state index contributed by atoms with van der Waals surface area (Å²) in [5.74, 6) is 1.03. The molecule has 124 valence electrons. The second kappa shape index (κ2) is 6.29. The fourth-order valence-corrected chi connectivity index (χ4v) is 3.52. The van der Waals surface area contributed by atoms with Gasteiger partial charge in [-0.05, 0) is 24.6 Å². The van der Waals surface area contributed by atoms with Crippen LogP contribution in [-0.4, -0.2) is 24.6 Å². The maximum Gasteiger partial charge on any atom is 0.129 e. The first-order valence-electron chi connectivity index (χ1n) is 8.59. The van der Waals surface area contributed by atoms with Crippen LogP contribution in [0.25, 0.3) is 0 Å². The number of hydrogen-bond donors (Lipinski definition) is 2. The monoisotopic (exact) mass is 321 g/mol. The predicted molar refractivity (Wildman–Crippen MR) is 98.0 cm³/mol. The summed E-state index contributed by atoms with van der Waals surface area (Å²) in [5.41, 5.74) is 4.53.